The number of aromatic nitrogens is 1. The van der Waals surface area contributed by atoms with Crippen LogP contribution in [0.25, 0.3) is 108 Å². The van der Waals surface area contributed by atoms with Gasteiger partial charge in [0.2, 0.25) is 0 Å². The molecular formula is C100H71N5. The summed E-state index contributed by atoms with van der Waals surface area (Å²) in [6.07, 6.45) is 0. The molecule has 0 fully saturated rings. The van der Waals surface area contributed by atoms with E-state index in [1.807, 2.05) is 0 Å². The summed E-state index contributed by atoms with van der Waals surface area (Å²) in [6.45, 7) is 6.73. The second kappa shape index (κ2) is 26.1. The van der Waals surface area contributed by atoms with Gasteiger partial charge in [0.05, 0.1) is 0 Å². The molecule has 0 unspecified atom stereocenters. The molecule has 18 aromatic carbocycles. The Balaban J connectivity index is 0.894. The van der Waals surface area contributed by atoms with Crippen molar-refractivity contribution in [3.63, 3.8) is 0 Å². The van der Waals surface area contributed by atoms with Crippen LogP contribution in [-0.2, 0) is 0 Å². The monoisotopic (exact) mass is 1340 g/mol. The molecular weight excluding hydrogens is 1270 g/mol. The summed E-state index contributed by atoms with van der Waals surface area (Å²) in [5, 5.41) is 18.7. The minimum Gasteiger partial charge on any atom is -0.310 e. The summed E-state index contributed by atoms with van der Waals surface area (Å²) >= 11 is 0. The molecule has 0 atom stereocenters. The molecule has 0 spiro atoms. The van der Waals surface area contributed by atoms with E-state index in [1.165, 1.54) is 43.1 Å². The fraction of sp³-hybridized carbons (Fsp3) is 0.0300. The van der Waals surface area contributed by atoms with E-state index in [2.05, 4.69) is 416 Å². The zero-order valence-corrected chi connectivity index (χ0v) is 58.5. The van der Waals surface area contributed by atoms with Crippen LogP contribution in [0.1, 0.15) is 17.0 Å². The quantitative estimate of drug-likeness (QED) is 0.108. The van der Waals surface area contributed by atoms with Crippen LogP contribution in [0.3, 0.4) is 0 Å². The molecule has 0 saturated heterocycles. The Labute approximate surface area is 611 Å². The van der Waals surface area contributed by atoms with Gasteiger partial charge in [0, 0.05) is 90.8 Å². The molecule has 0 N–H and O–H groups in total. The number of benzene rings is 18. The lowest BCUT2D eigenvalue weighted by Crippen LogP contribution is -2.14. The Morgan fingerprint density at radius 3 is 0.495 bits per heavy atom. The average molecular weight is 1340 g/mol. The van der Waals surface area contributed by atoms with Crippen molar-refractivity contribution in [2.24, 2.45) is 0 Å². The van der Waals surface area contributed by atoms with Gasteiger partial charge in [0.25, 0.3) is 0 Å². The smallest absolute Gasteiger partial charge is 0.0488 e. The van der Waals surface area contributed by atoms with E-state index in [0.29, 0.717) is 0 Å². The molecule has 0 aliphatic carbocycles. The minimum atomic E-state index is 0.932. The summed E-state index contributed by atoms with van der Waals surface area (Å²) in [5.41, 5.74) is 19.5. The van der Waals surface area contributed by atoms with Gasteiger partial charge in [0.1, 0.15) is 0 Å². The van der Waals surface area contributed by atoms with Crippen LogP contribution in [0.15, 0.2) is 376 Å². The van der Waals surface area contributed by atoms with Gasteiger partial charge >= 0.3 is 0 Å². The van der Waals surface area contributed by atoms with Gasteiger partial charge in [-0.1, -0.05) is 243 Å². The number of anilines is 12. The first-order valence-electron chi connectivity index (χ1n) is 36.1. The molecule has 0 aliphatic rings. The Morgan fingerprint density at radius 2 is 0.324 bits per heavy atom. The predicted octanol–water partition coefficient (Wildman–Crippen LogP) is 28.4. The van der Waals surface area contributed by atoms with Crippen molar-refractivity contribution in [1.29, 1.82) is 0 Å². The molecule has 0 aliphatic heterocycles. The molecule has 0 saturated carbocycles. The highest BCUT2D eigenvalue weighted by Gasteiger charge is 2.27. The fourth-order valence-electron chi connectivity index (χ4n) is 16.2. The Kier molecular flexibility index (Phi) is 15.5. The van der Waals surface area contributed by atoms with E-state index >= 15 is 0 Å². The molecule has 0 bridgehead atoms. The third kappa shape index (κ3) is 11.6. The van der Waals surface area contributed by atoms with Gasteiger partial charge in [0.15, 0.2) is 0 Å². The zero-order valence-electron chi connectivity index (χ0n) is 58.5. The van der Waals surface area contributed by atoms with Crippen LogP contribution in [0.4, 0.5) is 68.2 Å². The Hall–Kier alpha value is -13.6. The molecule has 19 rings (SSSR count). The van der Waals surface area contributed by atoms with Gasteiger partial charge in [-0.25, -0.2) is 0 Å². The van der Waals surface area contributed by atoms with Gasteiger partial charge in [-0.05, 0) is 257 Å². The predicted molar refractivity (Wildman–Crippen MR) is 448 cm³/mol. The minimum absolute atomic E-state index is 0.932. The average Bonchev–Trinajstić information content (AvgIpc) is 0.749. The van der Waals surface area contributed by atoms with Crippen molar-refractivity contribution in [2.75, 3.05) is 19.6 Å². The van der Waals surface area contributed by atoms with E-state index in [9.17, 15) is 0 Å². The lowest BCUT2D eigenvalue weighted by molar-refractivity contribution is 1.11. The van der Waals surface area contributed by atoms with Crippen molar-refractivity contribution in [3.8, 4) is 22.3 Å². The van der Waals surface area contributed by atoms with E-state index in [0.717, 1.165) is 151 Å². The summed E-state index contributed by atoms with van der Waals surface area (Å²) in [4.78, 5) is 15.6. The second-order valence-corrected chi connectivity index (χ2v) is 27.7. The van der Waals surface area contributed by atoms with E-state index in [-0.39, 0.29) is 0 Å². The van der Waals surface area contributed by atoms with Gasteiger partial charge in [-0.15, -0.1) is 0 Å². The number of aryl methyl sites for hydroxylation is 2. The summed E-state index contributed by atoms with van der Waals surface area (Å²) < 4.78 is 0. The van der Waals surface area contributed by atoms with Gasteiger partial charge in [-0.3, -0.25) is 4.98 Å². The number of nitrogens with zero attached hydrogens (tertiary/aromatic N) is 5. The fourth-order valence-corrected chi connectivity index (χ4v) is 16.2. The molecule has 105 heavy (non-hydrogen) atoms. The summed E-state index contributed by atoms with van der Waals surface area (Å²) in [6, 6.07) is 139. The molecule has 1 aromatic heterocycles. The SMILES string of the molecule is Cc1nc(C)c(-c2cc(N(c3ccc4ccccc4c3)c3ccc4ccccc4c3)cc(N(c3ccc4ccccc4c3)c3ccc4ccccc4c3)c2)c(C)c1-c1cc(N(c2ccc3ccccc3c2)c2ccc3ccccc3c2)cc(N(c2ccc3ccccc3c2)c2ccc3ccccc3c2)c1. The van der Waals surface area contributed by atoms with Crippen LogP contribution in [0.2, 0.25) is 0 Å². The van der Waals surface area contributed by atoms with Crippen molar-refractivity contribution < 1.29 is 0 Å². The summed E-state index contributed by atoms with van der Waals surface area (Å²) in [5.74, 6) is 0. The molecule has 0 amide bonds. The van der Waals surface area contributed by atoms with Gasteiger partial charge in [-0.2, -0.15) is 0 Å². The zero-order chi connectivity index (χ0) is 70.1. The number of hydrogen-bond acceptors (Lipinski definition) is 5. The van der Waals surface area contributed by atoms with Crippen molar-refractivity contribution in [3.05, 3.63) is 393 Å². The van der Waals surface area contributed by atoms with Crippen LogP contribution in [-0.4, -0.2) is 4.98 Å². The van der Waals surface area contributed by atoms with Crippen molar-refractivity contribution in [2.45, 2.75) is 20.8 Å². The maximum Gasteiger partial charge on any atom is 0.0488 e. The molecule has 5 heteroatoms. The standard InChI is InChI=1S/C100H71N5/c1-66-99(85-60-95(102(87-44-36-69-20-4-12-28-77(69)52-87)88-45-37-70-21-5-13-29-78(70)53-88)64-96(61-85)103(89-46-38-71-22-6-14-30-79(71)54-89)90-47-39-72-23-7-15-31-80(72)55-90)67(2)101-68(3)100(66)86-62-97(104(91-48-40-73-24-8-16-32-81(73)56-91)92-49-41-74-25-9-17-33-82(74)57-92)65-98(63-86)105(93-50-42-75-26-10-18-34-83(75)58-93)94-51-43-76-27-11-19-35-84(76)59-94/h4-65H,1-3H3. The van der Waals surface area contributed by atoms with Crippen molar-refractivity contribution >= 4 is 154 Å². The lowest BCUT2D eigenvalue weighted by Gasteiger charge is -2.32. The maximum absolute atomic E-state index is 5.77. The third-order valence-corrected chi connectivity index (χ3v) is 21.2. The maximum atomic E-state index is 5.77. The van der Waals surface area contributed by atoms with E-state index in [4.69, 9.17) is 4.98 Å². The largest absolute Gasteiger partial charge is 0.310 e. The molecule has 496 valence electrons. The van der Waals surface area contributed by atoms with Crippen molar-refractivity contribution in [1.82, 2.24) is 4.98 Å². The normalized spacial score (nSPS) is 11.6. The first-order chi connectivity index (χ1) is 51.7. The number of hydrogen-bond donors (Lipinski definition) is 0. The first-order valence-corrected chi connectivity index (χ1v) is 36.1. The highest BCUT2D eigenvalue weighted by molar-refractivity contribution is 6.02. The number of fused-ring (bicyclic) bond motifs is 8. The third-order valence-electron chi connectivity index (χ3n) is 21.2. The van der Waals surface area contributed by atoms with Crippen LogP contribution < -0.4 is 19.6 Å². The highest BCUT2D eigenvalue weighted by Crippen LogP contribution is 2.50. The second-order valence-electron chi connectivity index (χ2n) is 27.7. The van der Waals surface area contributed by atoms with Gasteiger partial charge < -0.3 is 19.6 Å². The highest BCUT2D eigenvalue weighted by atomic mass is 15.2. The van der Waals surface area contributed by atoms with E-state index < -0.39 is 0 Å². The van der Waals surface area contributed by atoms with E-state index in [1.54, 1.807) is 0 Å². The molecule has 19 aromatic rings. The lowest BCUT2D eigenvalue weighted by atomic mass is 9.89. The molecule has 1 heterocycles. The van der Waals surface area contributed by atoms with Crippen LogP contribution in [0.5, 0.6) is 0 Å². The number of pyridine rings is 1. The van der Waals surface area contributed by atoms with Crippen LogP contribution in [0, 0.1) is 20.8 Å². The summed E-state index contributed by atoms with van der Waals surface area (Å²) in [7, 11) is 0. The van der Waals surface area contributed by atoms with Crippen LogP contribution >= 0.6 is 0 Å². The molecule has 0 radical (unpaired) electrons. The Bertz CT molecular complexity index is 5570. The topological polar surface area (TPSA) is 25.9 Å². The number of rotatable bonds is 14. The Morgan fingerprint density at radius 1 is 0.162 bits per heavy atom. The molecule has 5 nitrogen and oxygen atoms in total. The first kappa shape index (κ1) is 62.4.